The van der Waals surface area contributed by atoms with E-state index in [0.717, 1.165) is 16.3 Å². The predicted molar refractivity (Wildman–Crippen MR) is 89.8 cm³/mol. The van der Waals surface area contributed by atoms with Crippen LogP contribution in [0.4, 0.5) is 0 Å². The highest BCUT2D eigenvalue weighted by atomic mass is 35.5. The van der Waals surface area contributed by atoms with Gasteiger partial charge in [-0.15, -0.1) is 0 Å². The summed E-state index contributed by atoms with van der Waals surface area (Å²) in [6, 6.07) is 6.37. The van der Waals surface area contributed by atoms with E-state index in [2.05, 4.69) is 43.7 Å². The number of nitrogens with zero attached hydrogens (tertiary/aromatic N) is 2. The summed E-state index contributed by atoms with van der Waals surface area (Å²) in [5.74, 6) is 0. The number of halogens is 1. The molecule has 3 rings (SSSR count). The van der Waals surface area contributed by atoms with Gasteiger partial charge in [0.05, 0.1) is 13.6 Å². The Balaban J connectivity index is 2.53. The predicted octanol–water partition coefficient (Wildman–Crippen LogP) is 4.29. The Labute approximate surface area is 124 Å². The number of rotatable bonds is 1. The van der Waals surface area contributed by atoms with Crippen LogP contribution in [0.1, 0.15) is 5.56 Å². The molecule has 0 radical (unpaired) electrons. The summed E-state index contributed by atoms with van der Waals surface area (Å²) in [4.78, 5) is 8.84. The SMILES string of the molecule is Cc1ccc2c(ncc3c(Cl)nccc32)c1[Si](C)(C)C. The van der Waals surface area contributed by atoms with Crippen LogP contribution in [-0.2, 0) is 0 Å². The van der Waals surface area contributed by atoms with Crippen LogP contribution in [0.2, 0.25) is 24.8 Å². The van der Waals surface area contributed by atoms with Crippen molar-refractivity contribution in [2.75, 3.05) is 0 Å². The van der Waals surface area contributed by atoms with Gasteiger partial charge in [-0.3, -0.25) is 4.98 Å². The normalized spacial score (nSPS) is 12.2. The Kier molecular flexibility index (Phi) is 3.07. The Morgan fingerprint density at radius 3 is 2.40 bits per heavy atom. The number of hydrogen-bond donors (Lipinski definition) is 0. The van der Waals surface area contributed by atoms with Crippen molar-refractivity contribution in [1.82, 2.24) is 9.97 Å². The van der Waals surface area contributed by atoms with Crippen molar-refractivity contribution in [2.24, 2.45) is 0 Å². The molecule has 0 aliphatic carbocycles. The van der Waals surface area contributed by atoms with Crippen molar-refractivity contribution >= 4 is 46.5 Å². The number of fused-ring (bicyclic) bond motifs is 3. The summed E-state index contributed by atoms with van der Waals surface area (Å²) in [6.07, 6.45) is 3.62. The fourth-order valence-corrected chi connectivity index (χ4v) is 5.31. The molecule has 0 spiro atoms. The van der Waals surface area contributed by atoms with Gasteiger partial charge >= 0.3 is 0 Å². The quantitative estimate of drug-likeness (QED) is 0.381. The van der Waals surface area contributed by atoms with E-state index >= 15 is 0 Å². The first-order valence-electron chi connectivity index (χ1n) is 6.72. The molecule has 0 N–H and O–H groups in total. The first-order chi connectivity index (χ1) is 9.39. The van der Waals surface area contributed by atoms with Crippen LogP contribution in [0.25, 0.3) is 21.7 Å². The minimum atomic E-state index is -1.45. The van der Waals surface area contributed by atoms with Gasteiger partial charge in [-0.25, -0.2) is 4.98 Å². The summed E-state index contributed by atoms with van der Waals surface area (Å²) in [7, 11) is -1.45. The average Bonchev–Trinajstić information content (AvgIpc) is 2.36. The molecule has 4 heteroatoms. The van der Waals surface area contributed by atoms with E-state index in [0.29, 0.717) is 5.15 Å². The maximum Gasteiger partial charge on any atom is 0.138 e. The van der Waals surface area contributed by atoms with Gasteiger partial charge in [-0.05, 0) is 29.1 Å². The number of hydrogen-bond acceptors (Lipinski definition) is 2. The average molecular weight is 301 g/mol. The molecule has 0 bridgehead atoms. The Morgan fingerprint density at radius 1 is 0.950 bits per heavy atom. The zero-order valence-electron chi connectivity index (χ0n) is 12.2. The van der Waals surface area contributed by atoms with Crippen LogP contribution >= 0.6 is 11.6 Å². The number of benzene rings is 1. The van der Waals surface area contributed by atoms with Crippen LogP contribution < -0.4 is 5.19 Å². The van der Waals surface area contributed by atoms with Crippen LogP contribution in [0.3, 0.4) is 0 Å². The summed E-state index contributed by atoms with van der Waals surface area (Å²) in [6.45, 7) is 9.26. The van der Waals surface area contributed by atoms with Crippen LogP contribution in [0.15, 0.2) is 30.6 Å². The highest BCUT2D eigenvalue weighted by molar-refractivity contribution is 6.90. The van der Waals surface area contributed by atoms with E-state index < -0.39 is 8.07 Å². The molecule has 0 saturated carbocycles. The zero-order chi connectivity index (χ0) is 14.5. The van der Waals surface area contributed by atoms with Crippen molar-refractivity contribution in [3.8, 4) is 0 Å². The summed E-state index contributed by atoms with van der Waals surface area (Å²) < 4.78 is 0. The van der Waals surface area contributed by atoms with Gasteiger partial charge < -0.3 is 0 Å². The minimum absolute atomic E-state index is 0.520. The fraction of sp³-hybridized carbons (Fsp3) is 0.250. The minimum Gasteiger partial charge on any atom is -0.256 e. The summed E-state index contributed by atoms with van der Waals surface area (Å²) in [5, 5.41) is 5.19. The molecule has 2 nitrogen and oxygen atoms in total. The lowest BCUT2D eigenvalue weighted by Crippen LogP contribution is -2.40. The van der Waals surface area contributed by atoms with Crippen LogP contribution in [0, 0.1) is 6.92 Å². The maximum atomic E-state index is 6.18. The molecular weight excluding hydrogens is 284 g/mol. The molecule has 102 valence electrons. The Hall–Kier alpha value is -1.45. The number of aromatic nitrogens is 2. The van der Waals surface area contributed by atoms with Gasteiger partial charge in [0.25, 0.3) is 0 Å². The largest absolute Gasteiger partial charge is 0.256 e. The van der Waals surface area contributed by atoms with E-state index in [9.17, 15) is 0 Å². The molecule has 0 atom stereocenters. The summed E-state index contributed by atoms with van der Waals surface area (Å²) >= 11 is 6.18. The molecule has 2 aromatic heterocycles. The van der Waals surface area contributed by atoms with Crippen LogP contribution in [0.5, 0.6) is 0 Å². The molecule has 0 fully saturated rings. The smallest absolute Gasteiger partial charge is 0.138 e. The van der Waals surface area contributed by atoms with Crippen molar-refractivity contribution in [2.45, 2.75) is 26.6 Å². The molecule has 20 heavy (non-hydrogen) atoms. The first kappa shape index (κ1) is 13.5. The standard InChI is InChI=1S/C16H17ClN2Si/c1-10-5-6-12-11-7-8-18-16(17)13(11)9-19-14(12)15(10)20(2,3)4/h5-9H,1-4H3. The monoisotopic (exact) mass is 300 g/mol. The van der Waals surface area contributed by atoms with Gasteiger partial charge in [-0.2, -0.15) is 0 Å². The third kappa shape index (κ3) is 2.02. The van der Waals surface area contributed by atoms with Crippen molar-refractivity contribution in [1.29, 1.82) is 0 Å². The Morgan fingerprint density at radius 2 is 1.70 bits per heavy atom. The van der Waals surface area contributed by atoms with Crippen molar-refractivity contribution < 1.29 is 0 Å². The second-order valence-corrected chi connectivity index (χ2v) is 11.6. The lowest BCUT2D eigenvalue weighted by Gasteiger charge is -2.21. The highest BCUT2D eigenvalue weighted by Crippen LogP contribution is 2.28. The van der Waals surface area contributed by atoms with E-state index in [1.54, 1.807) is 6.20 Å². The lowest BCUT2D eigenvalue weighted by molar-refractivity contribution is 1.35. The molecule has 0 saturated heterocycles. The third-order valence-electron chi connectivity index (χ3n) is 3.69. The second kappa shape index (κ2) is 4.54. The maximum absolute atomic E-state index is 6.18. The number of aryl methyl sites for hydroxylation is 1. The summed E-state index contributed by atoms with van der Waals surface area (Å²) in [5.41, 5.74) is 2.46. The van der Waals surface area contributed by atoms with Gasteiger partial charge in [0.2, 0.25) is 0 Å². The van der Waals surface area contributed by atoms with Gasteiger partial charge in [-0.1, -0.05) is 43.4 Å². The highest BCUT2D eigenvalue weighted by Gasteiger charge is 2.23. The molecule has 0 aliphatic heterocycles. The van der Waals surface area contributed by atoms with E-state index in [1.165, 1.54) is 16.1 Å². The molecule has 3 aromatic rings. The lowest BCUT2D eigenvalue weighted by atomic mass is 10.1. The molecular formula is C16H17ClN2Si. The van der Waals surface area contributed by atoms with Crippen molar-refractivity contribution in [3.63, 3.8) is 0 Å². The van der Waals surface area contributed by atoms with E-state index in [-0.39, 0.29) is 0 Å². The molecule has 0 unspecified atom stereocenters. The van der Waals surface area contributed by atoms with Crippen LogP contribution in [-0.4, -0.2) is 18.0 Å². The number of pyridine rings is 2. The molecule has 0 aliphatic rings. The third-order valence-corrected chi connectivity index (χ3v) is 6.12. The molecule has 2 heterocycles. The van der Waals surface area contributed by atoms with Gasteiger partial charge in [0.15, 0.2) is 0 Å². The molecule has 1 aromatic carbocycles. The van der Waals surface area contributed by atoms with Gasteiger partial charge in [0.1, 0.15) is 5.15 Å². The van der Waals surface area contributed by atoms with E-state index in [4.69, 9.17) is 16.6 Å². The molecule has 0 amide bonds. The topological polar surface area (TPSA) is 25.8 Å². The van der Waals surface area contributed by atoms with Crippen molar-refractivity contribution in [3.05, 3.63) is 41.3 Å². The zero-order valence-corrected chi connectivity index (χ0v) is 13.9. The first-order valence-corrected chi connectivity index (χ1v) is 10.6. The van der Waals surface area contributed by atoms with E-state index in [1.807, 2.05) is 12.3 Å². The Bertz CT molecular complexity index is 822. The van der Waals surface area contributed by atoms with Gasteiger partial charge in [0, 0.05) is 23.2 Å². The second-order valence-electron chi connectivity index (χ2n) is 6.22. The fourth-order valence-electron chi connectivity index (χ4n) is 2.92.